The Morgan fingerprint density at radius 1 is 1.55 bits per heavy atom. The molecule has 4 heteroatoms. The number of thioether (sulfide) groups is 1. The normalized spacial score (nSPS) is 9.73. The molecule has 11 heavy (non-hydrogen) atoms. The summed E-state index contributed by atoms with van der Waals surface area (Å²) < 4.78 is 1.02. The van der Waals surface area contributed by atoms with E-state index in [1.54, 1.807) is 11.8 Å². The van der Waals surface area contributed by atoms with Gasteiger partial charge in [0.2, 0.25) is 0 Å². The zero-order chi connectivity index (χ0) is 8.27. The zero-order valence-electron chi connectivity index (χ0n) is 6.10. The van der Waals surface area contributed by atoms with Crippen LogP contribution in [0.25, 0.3) is 0 Å². The number of nitrogens with two attached hydrogens (primary N) is 1. The zero-order valence-corrected chi connectivity index (χ0v) is 8.50. The van der Waals surface area contributed by atoms with Crippen molar-refractivity contribution in [2.45, 2.75) is 4.90 Å². The van der Waals surface area contributed by atoms with Gasteiger partial charge in [0.25, 0.3) is 0 Å². The van der Waals surface area contributed by atoms with Crippen molar-refractivity contribution in [3.8, 4) is 0 Å². The highest BCUT2D eigenvalue weighted by atomic mass is 79.9. The van der Waals surface area contributed by atoms with Crippen LogP contribution in [0.5, 0.6) is 0 Å². The number of hydrogen-bond donors (Lipinski definition) is 2. The average molecular weight is 233 g/mol. The van der Waals surface area contributed by atoms with Crippen LogP contribution in [0.1, 0.15) is 0 Å². The number of hydrazine groups is 1. The predicted molar refractivity (Wildman–Crippen MR) is 53.7 cm³/mol. The molecule has 0 aromatic heterocycles. The maximum absolute atomic E-state index is 5.28. The molecule has 0 fully saturated rings. The Morgan fingerprint density at radius 3 is 2.82 bits per heavy atom. The Hall–Kier alpha value is -0.190. The van der Waals surface area contributed by atoms with E-state index in [4.69, 9.17) is 5.84 Å². The van der Waals surface area contributed by atoms with Crippen LogP contribution < -0.4 is 11.3 Å². The Morgan fingerprint density at radius 2 is 2.27 bits per heavy atom. The first kappa shape index (κ1) is 8.90. The number of hydrogen-bond acceptors (Lipinski definition) is 3. The molecule has 0 saturated heterocycles. The summed E-state index contributed by atoms with van der Waals surface area (Å²) in [6.07, 6.45) is 2.03. The minimum atomic E-state index is 0.914. The van der Waals surface area contributed by atoms with Crippen LogP contribution in [0.2, 0.25) is 0 Å². The molecular weight excluding hydrogens is 224 g/mol. The Kier molecular flexibility index (Phi) is 3.23. The van der Waals surface area contributed by atoms with Crippen molar-refractivity contribution in [1.29, 1.82) is 0 Å². The van der Waals surface area contributed by atoms with Crippen LogP contribution in [-0.4, -0.2) is 6.26 Å². The van der Waals surface area contributed by atoms with Gasteiger partial charge in [0.15, 0.2) is 0 Å². The number of anilines is 1. The summed E-state index contributed by atoms with van der Waals surface area (Å²) in [5.41, 5.74) is 3.52. The molecule has 0 amide bonds. The molecule has 1 aromatic rings. The molecule has 1 aromatic carbocycles. The van der Waals surface area contributed by atoms with E-state index in [9.17, 15) is 0 Å². The molecule has 0 aliphatic carbocycles. The first-order valence-electron chi connectivity index (χ1n) is 3.08. The summed E-state index contributed by atoms with van der Waals surface area (Å²) in [5, 5.41) is 0. The van der Waals surface area contributed by atoms with Gasteiger partial charge in [-0.05, 0) is 34.3 Å². The lowest BCUT2D eigenvalue weighted by Gasteiger charge is -2.05. The van der Waals surface area contributed by atoms with Crippen molar-refractivity contribution in [3.63, 3.8) is 0 Å². The van der Waals surface area contributed by atoms with Gasteiger partial charge in [-0.25, -0.2) is 0 Å². The molecule has 0 aliphatic rings. The summed E-state index contributed by atoms with van der Waals surface area (Å²) in [4.78, 5) is 1.18. The summed E-state index contributed by atoms with van der Waals surface area (Å²) in [6.45, 7) is 0. The SMILES string of the molecule is CSc1cccc(NN)c1Br. The van der Waals surface area contributed by atoms with Gasteiger partial charge in [0.1, 0.15) is 0 Å². The molecule has 0 unspecified atom stereocenters. The lowest BCUT2D eigenvalue weighted by Crippen LogP contribution is -2.07. The number of halogens is 1. The largest absolute Gasteiger partial charge is 0.323 e. The van der Waals surface area contributed by atoms with Crippen LogP contribution in [0.15, 0.2) is 27.6 Å². The third kappa shape index (κ3) is 1.89. The van der Waals surface area contributed by atoms with E-state index in [0.29, 0.717) is 0 Å². The minimum absolute atomic E-state index is 0.914. The van der Waals surface area contributed by atoms with Crippen molar-refractivity contribution in [2.24, 2.45) is 5.84 Å². The summed E-state index contributed by atoms with van der Waals surface area (Å²) in [7, 11) is 0. The van der Waals surface area contributed by atoms with Gasteiger partial charge in [-0.1, -0.05) is 6.07 Å². The fourth-order valence-electron chi connectivity index (χ4n) is 0.780. The van der Waals surface area contributed by atoms with Gasteiger partial charge in [-0.2, -0.15) is 0 Å². The van der Waals surface area contributed by atoms with Gasteiger partial charge in [0, 0.05) is 4.90 Å². The van der Waals surface area contributed by atoms with Crippen molar-refractivity contribution in [1.82, 2.24) is 0 Å². The number of nitrogens with one attached hydrogen (secondary N) is 1. The fraction of sp³-hybridized carbons (Fsp3) is 0.143. The molecule has 60 valence electrons. The maximum Gasteiger partial charge on any atom is 0.0638 e. The number of rotatable bonds is 2. The van der Waals surface area contributed by atoms with Gasteiger partial charge >= 0.3 is 0 Å². The molecule has 0 atom stereocenters. The average Bonchev–Trinajstić information content (AvgIpc) is 2.05. The van der Waals surface area contributed by atoms with E-state index in [-0.39, 0.29) is 0 Å². The van der Waals surface area contributed by atoms with Crippen LogP contribution in [0.4, 0.5) is 5.69 Å². The van der Waals surface area contributed by atoms with Crippen molar-refractivity contribution in [2.75, 3.05) is 11.7 Å². The third-order valence-corrected chi connectivity index (χ3v) is 3.24. The highest BCUT2D eigenvalue weighted by Crippen LogP contribution is 2.31. The van der Waals surface area contributed by atoms with Crippen LogP contribution in [0, 0.1) is 0 Å². The Bertz CT molecular complexity index is 230. The van der Waals surface area contributed by atoms with E-state index >= 15 is 0 Å². The smallest absolute Gasteiger partial charge is 0.0638 e. The second-order valence-corrected chi connectivity index (χ2v) is 3.61. The molecule has 0 aliphatic heterocycles. The summed E-state index contributed by atoms with van der Waals surface area (Å²) >= 11 is 5.12. The molecule has 0 bridgehead atoms. The first-order valence-corrected chi connectivity index (χ1v) is 5.10. The summed E-state index contributed by atoms with van der Waals surface area (Å²) in [6, 6.07) is 5.92. The van der Waals surface area contributed by atoms with E-state index in [1.807, 2.05) is 24.5 Å². The minimum Gasteiger partial charge on any atom is -0.323 e. The fourth-order valence-corrected chi connectivity index (χ4v) is 2.15. The molecule has 2 nitrogen and oxygen atoms in total. The van der Waals surface area contributed by atoms with E-state index < -0.39 is 0 Å². The molecule has 0 saturated carbocycles. The highest BCUT2D eigenvalue weighted by molar-refractivity contribution is 9.10. The van der Waals surface area contributed by atoms with Crippen molar-refractivity contribution < 1.29 is 0 Å². The first-order chi connectivity index (χ1) is 5.29. The topological polar surface area (TPSA) is 38.0 Å². The van der Waals surface area contributed by atoms with Crippen LogP contribution in [-0.2, 0) is 0 Å². The van der Waals surface area contributed by atoms with Gasteiger partial charge in [0.05, 0.1) is 10.2 Å². The summed E-state index contributed by atoms with van der Waals surface area (Å²) in [5.74, 6) is 5.28. The molecule has 0 radical (unpaired) electrons. The third-order valence-electron chi connectivity index (χ3n) is 1.34. The van der Waals surface area contributed by atoms with E-state index in [1.165, 1.54) is 4.90 Å². The number of benzene rings is 1. The van der Waals surface area contributed by atoms with Gasteiger partial charge in [-0.3, -0.25) is 5.84 Å². The van der Waals surface area contributed by atoms with E-state index in [0.717, 1.165) is 10.2 Å². The van der Waals surface area contributed by atoms with E-state index in [2.05, 4.69) is 21.4 Å². The quantitative estimate of drug-likeness (QED) is 0.468. The van der Waals surface area contributed by atoms with Crippen LogP contribution >= 0.6 is 27.7 Å². The lowest BCUT2D eigenvalue weighted by molar-refractivity contribution is 1.30. The Labute approximate surface area is 78.6 Å². The van der Waals surface area contributed by atoms with Gasteiger partial charge < -0.3 is 5.43 Å². The van der Waals surface area contributed by atoms with Crippen molar-refractivity contribution in [3.05, 3.63) is 22.7 Å². The van der Waals surface area contributed by atoms with Crippen molar-refractivity contribution >= 4 is 33.4 Å². The lowest BCUT2D eigenvalue weighted by atomic mass is 10.3. The second-order valence-electron chi connectivity index (χ2n) is 1.97. The van der Waals surface area contributed by atoms with Crippen LogP contribution in [0.3, 0.4) is 0 Å². The second kappa shape index (κ2) is 3.99. The standard InChI is InChI=1S/C7H9BrN2S/c1-11-6-4-2-3-5(10-9)7(6)8/h2-4,10H,9H2,1H3. The predicted octanol–water partition coefficient (Wildman–Crippen LogP) is 2.46. The monoisotopic (exact) mass is 232 g/mol. The maximum atomic E-state index is 5.28. The molecule has 3 N–H and O–H groups in total. The Balaban J connectivity index is 3.10. The highest BCUT2D eigenvalue weighted by Gasteiger charge is 2.01. The van der Waals surface area contributed by atoms with Gasteiger partial charge in [-0.15, -0.1) is 11.8 Å². The number of nitrogen functional groups attached to an aromatic ring is 1. The molecular formula is C7H9BrN2S. The molecule has 0 spiro atoms. The molecule has 1 rings (SSSR count). The molecule has 0 heterocycles.